The molecule has 0 aliphatic heterocycles. The molecule has 0 saturated heterocycles. The third-order valence-corrected chi connectivity index (χ3v) is 5.32. The topological polar surface area (TPSA) is 0 Å². The fourth-order valence-corrected chi connectivity index (χ4v) is 4.09. The van der Waals surface area contributed by atoms with Crippen LogP contribution in [-0.2, 0) is 0 Å². The van der Waals surface area contributed by atoms with E-state index in [0.717, 1.165) is 17.8 Å². The predicted octanol–water partition coefficient (Wildman–Crippen LogP) is 4.42. The molecule has 0 spiro atoms. The molecule has 2 aliphatic carbocycles. The zero-order valence-electron chi connectivity index (χ0n) is 8.47. The maximum absolute atomic E-state index is 2.59. The second-order valence-corrected chi connectivity index (χ2v) is 5.86. The van der Waals surface area contributed by atoms with Gasteiger partial charge in [0.2, 0.25) is 0 Å². The van der Waals surface area contributed by atoms with Gasteiger partial charge in [-0.15, -0.1) is 0 Å². The van der Waals surface area contributed by atoms with Gasteiger partial charge in [0.05, 0.1) is 0 Å². The van der Waals surface area contributed by atoms with Crippen molar-refractivity contribution in [3.63, 3.8) is 0 Å². The number of hydrogen-bond donors (Lipinski definition) is 0. The lowest BCUT2D eigenvalue weighted by Crippen LogP contribution is -2.15. The Morgan fingerprint density at radius 2 is 1.54 bits per heavy atom. The summed E-state index contributed by atoms with van der Waals surface area (Å²) in [6.07, 6.45) is 12.3. The minimum absolute atomic E-state index is 1.08. The van der Waals surface area contributed by atoms with Crippen molar-refractivity contribution in [2.75, 3.05) is 4.43 Å². The average molecular weight is 292 g/mol. The van der Waals surface area contributed by atoms with Crippen LogP contribution in [0.15, 0.2) is 0 Å². The summed E-state index contributed by atoms with van der Waals surface area (Å²) in [5, 5.41) is 0. The maximum Gasteiger partial charge on any atom is 0.00263 e. The highest BCUT2D eigenvalue weighted by atomic mass is 127. The fraction of sp³-hybridized carbons (Fsp3) is 1.00. The van der Waals surface area contributed by atoms with Gasteiger partial charge in [0.25, 0.3) is 0 Å². The van der Waals surface area contributed by atoms with Crippen molar-refractivity contribution in [3.05, 3.63) is 0 Å². The molecule has 0 aromatic rings. The molecular weight excluding hydrogens is 271 g/mol. The van der Waals surface area contributed by atoms with Crippen LogP contribution >= 0.6 is 22.6 Å². The van der Waals surface area contributed by atoms with Crippen molar-refractivity contribution in [1.29, 1.82) is 0 Å². The second kappa shape index (κ2) is 4.99. The van der Waals surface area contributed by atoms with E-state index in [4.69, 9.17) is 0 Å². The van der Waals surface area contributed by atoms with E-state index in [0.29, 0.717) is 0 Å². The summed E-state index contributed by atoms with van der Waals surface area (Å²) >= 11 is 2.59. The highest BCUT2D eigenvalue weighted by Crippen LogP contribution is 2.39. The third-order valence-electron chi connectivity index (χ3n) is 4.19. The molecule has 0 N–H and O–H groups in total. The summed E-state index contributed by atoms with van der Waals surface area (Å²) in [6.45, 7) is 0. The molecule has 2 aliphatic rings. The normalized spacial score (nSPS) is 34.8. The molecule has 2 fully saturated rings. The SMILES string of the molecule is ICC1CCCC1CCC1CCC1. The summed E-state index contributed by atoms with van der Waals surface area (Å²) < 4.78 is 1.41. The van der Waals surface area contributed by atoms with Crippen LogP contribution in [0.4, 0.5) is 0 Å². The van der Waals surface area contributed by atoms with Crippen LogP contribution in [0.3, 0.4) is 0 Å². The van der Waals surface area contributed by atoms with Gasteiger partial charge in [-0.2, -0.15) is 0 Å². The van der Waals surface area contributed by atoms with Gasteiger partial charge >= 0.3 is 0 Å². The lowest BCUT2D eigenvalue weighted by Gasteiger charge is -2.27. The molecule has 2 saturated carbocycles. The van der Waals surface area contributed by atoms with Gasteiger partial charge in [-0.3, -0.25) is 0 Å². The first-order valence-corrected chi connectivity index (χ1v) is 7.48. The molecule has 0 heterocycles. The third kappa shape index (κ3) is 2.60. The highest BCUT2D eigenvalue weighted by Gasteiger charge is 2.27. The summed E-state index contributed by atoms with van der Waals surface area (Å²) in [5.74, 6) is 3.33. The summed E-state index contributed by atoms with van der Waals surface area (Å²) in [4.78, 5) is 0. The van der Waals surface area contributed by atoms with E-state index in [-0.39, 0.29) is 0 Å². The van der Waals surface area contributed by atoms with Gasteiger partial charge < -0.3 is 0 Å². The number of rotatable bonds is 4. The van der Waals surface area contributed by atoms with E-state index in [9.17, 15) is 0 Å². The molecule has 1 heteroatoms. The van der Waals surface area contributed by atoms with Crippen molar-refractivity contribution >= 4 is 22.6 Å². The summed E-state index contributed by atoms with van der Waals surface area (Å²) in [7, 11) is 0. The molecule has 0 amide bonds. The van der Waals surface area contributed by atoms with Crippen LogP contribution in [-0.4, -0.2) is 4.43 Å². The molecule has 0 aromatic carbocycles. The first-order valence-electron chi connectivity index (χ1n) is 5.96. The van der Waals surface area contributed by atoms with Crippen LogP contribution in [0.1, 0.15) is 51.4 Å². The first-order chi connectivity index (χ1) is 6.40. The zero-order valence-corrected chi connectivity index (χ0v) is 10.6. The lowest BCUT2D eigenvalue weighted by atomic mass is 9.79. The van der Waals surface area contributed by atoms with Crippen LogP contribution in [0.25, 0.3) is 0 Å². The highest BCUT2D eigenvalue weighted by molar-refractivity contribution is 14.1. The zero-order chi connectivity index (χ0) is 9.10. The molecule has 13 heavy (non-hydrogen) atoms. The minimum atomic E-state index is 1.08. The summed E-state index contributed by atoms with van der Waals surface area (Å²) in [6, 6.07) is 0. The molecule has 2 atom stereocenters. The predicted molar refractivity (Wildman–Crippen MR) is 66.3 cm³/mol. The van der Waals surface area contributed by atoms with Crippen molar-refractivity contribution in [1.82, 2.24) is 0 Å². The van der Waals surface area contributed by atoms with E-state index >= 15 is 0 Å². The molecule has 0 radical (unpaired) electrons. The fourth-order valence-electron chi connectivity index (χ4n) is 2.93. The molecular formula is C12H21I. The Morgan fingerprint density at radius 3 is 2.15 bits per heavy atom. The molecule has 2 rings (SSSR count). The van der Waals surface area contributed by atoms with Gasteiger partial charge in [0.15, 0.2) is 0 Å². The van der Waals surface area contributed by atoms with Crippen molar-refractivity contribution in [3.8, 4) is 0 Å². The summed E-state index contributed by atoms with van der Waals surface area (Å²) in [5.41, 5.74) is 0. The molecule has 2 unspecified atom stereocenters. The van der Waals surface area contributed by atoms with Gasteiger partial charge in [-0.05, 0) is 30.6 Å². The first kappa shape index (κ1) is 10.3. The Labute approximate surface area is 96.0 Å². The Balaban J connectivity index is 1.67. The number of halogens is 1. The average Bonchev–Trinajstić information content (AvgIpc) is 2.49. The Hall–Kier alpha value is 0.730. The monoisotopic (exact) mass is 292 g/mol. The van der Waals surface area contributed by atoms with E-state index in [1.165, 1.54) is 23.7 Å². The number of hydrogen-bond acceptors (Lipinski definition) is 0. The van der Waals surface area contributed by atoms with E-state index < -0.39 is 0 Å². The van der Waals surface area contributed by atoms with Crippen LogP contribution in [0, 0.1) is 17.8 Å². The Morgan fingerprint density at radius 1 is 0.846 bits per heavy atom. The van der Waals surface area contributed by atoms with Crippen molar-refractivity contribution in [2.24, 2.45) is 17.8 Å². The lowest BCUT2D eigenvalue weighted by molar-refractivity contribution is 0.257. The standard InChI is InChI=1S/C12H21I/c13-9-12-6-2-5-11(12)8-7-10-3-1-4-10/h10-12H,1-9H2. The van der Waals surface area contributed by atoms with Crippen molar-refractivity contribution in [2.45, 2.75) is 51.4 Å². The smallest absolute Gasteiger partial charge is 0.00263 e. The quantitative estimate of drug-likeness (QED) is 0.531. The molecule has 0 nitrogen and oxygen atoms in total. The van der Waals surface area contributed by atoms with Gasteiger partial charge in [0, 0.05) is 4.43 Å². The van der Waals surface area contributed by atoms with E-state index in [1.807, 2.05) is 0 Å². The number of alkyl halides is 1. The molecule has 0 aromatic heterocycles. The van der Waals surface area contributed by atoms with Crippen molar-refractivity contribution < 1.29 is 0 Å². The van der Waals surface area contributed by atoms with Gasteiger partial charge in [-0.25, -0.2) is 0 Å². The maximum atomic E-state index is 2.59. The van der Waals surface area contributed by atoms with E-state index in [1.54, 1.807) is 32.1 Å². The minimum Gasteiger partial charge on any atom is -0.0861 e. The van der Waals surface area contributed by atoms with Gasteiger partial charge in [0.1, 0.15) is 0 Å². The van der Waals surface area contributed by atoms with Gasteiger partial charge in [-0.1, -0.05) is 61.1 Å². The van der Waals surface area contributed by atoms with Crippen LogP contribution < -0.4 is 0 Å². The largest absolute Gasteiger partial charge is 0.0861 e. The Kier molecular flexibility index (Phi) is 3.94. The van der Waals surface area contributed by atoms with Crippen LogP contribution in [0.5, 0.6) is 0 Å². The molecule has 0 bridgehead atoms. The molecule has 76 valence electrons. The second-order valence-electron chi connectivity index (χ2n) is 4.98. The Bertz CT molecular complexity index is 151. The van der Waals surface area contributed by atoms with E-state index in [2.05, 4.69) is 22.6 Å². The van der Waals surface area contributed by atoms with Crippen LogP contribution in [0.2, 0.25) is 0 Å².